The Balaban J connectivity index is 1.68. The summed E-state index contributed by atoms with van der Waals surface area (Å²) in [5.41, 5.74) is 2.33. The molecule has 31 heavy (non-hydrogen) atoms. The molecule has 0 amide bonds. The molecule has 0 saturated carbocycles. The molecule has 2 N–H and O–H groups in total. The smallest absolute Gasteiger partial charge is 0.416 e. The molecule has 0 aliphatic carbocycles. The number of benzene rings is 3. The summed E-state index contributed by atoms with van der Waals surface area (Å²) in [5.74, 6) is 0. The van der Waals surface area contributed by atoms with Crippen molar-refractivity contribution in [3.8, 4) is 11.3 Å². The largest absolute Gasteiger partial charge is 0.464 e. The van der Waals surface area contributed by atoms with Crippen molar-refractivity contribution in [2.45, 2.75) is 11.3 Å². The van der Waals surface area contributed by atoms with E-state index in [1.165, 1.54) is 12.1 Å². The number of fused-ring (bicyclic) bond motifs is 1. The fourth-order valence-electron chi connectivity index (χ4n) is 3.49. The number of nitrogens with zero attached hydrogens (tertiary/aromatic N) is 1. The van der Waals surface area contributed by atoms with E-state index in [0.717, 1.165) is 15.5 Å². The highest BCUT2D eigenvalue weighted by Gasteiger charge is 2.21. The topological polar surface area (TPSA) is 88.4 Å². The number of hydrogen-bond donors (Lipinski definition) is 2. The first-order valence-corrected chi connectivity index (χ1v) is 11.4. The third kappa shape index (κ3) is 4.34. The zero-order valence-electron chi connectivity index (χ0n) is 16.3. The van der Waals surface area contributed by atoms with Gasteiger partial charge in [-0.3, -0.25) is 0 Å². The summed E-state index contributed by atoms with van der Waals surface area (Å²) in [6.45, 7) is 0.211. The molecule has 0 atom stereocenters. The van der Waals surface area contributed by atoms with Crippen LogP contribution in [-0.4, -0.2) is 30.7 Å². The van der Waals surface area contributed by atoms with Crippen molar-refractivity contribution in [1.29, 1.82) is 0 Å². The van der Waals surface area contributed by atoms with Crippen LogP contribution in [0.3, 0.4) is 0 Å². The Morgan fingerprint density at radius 3 is 2.42 bits per heavy atom. The van der Waals surface area contributed by atoms with E-state index in [1.54, 1.807) is 30.3 Å². The molecule has 8 heteroatoms. The van der Waals surface area contributed by atoms with Gasteiger partial charge >= 0.3 is 6.09 Å². The first-order chi connectivity index (χ1) is 14.9. The van der Waals surface area contributed by atoms with Crippen molar-refractivity contribution < 1.29 is 18.3 Å². The van der Waals surface area contributed by atoms with Crippen LogP contribution in [0.25, 0.3) is 22.2 Å². The first kappa shape index (κ1) is 21.1. The van der Waals surface area contributed by atoms with Gasteiger partial charge in [-0.05, 0) is 36.2 Å². The number of aromatic nitrogens is 1. The summed E-state index contributed by atoms with van der Waals surface area (Å²) in [7, 11) is -3.89. The van der Waals surface area contributed by atoms with E-state index in [1.807, 2.05) is 36.4 Å². The summed E-state index contributed by atoms with van der Waals surface area (Å²) in [5, 5.41) is 10.5. The Labute approximate surface area is 184 Å². The molecule has 0 radical (unpaired) electrons. The number of nitrogens with one attached hydrogen (secondary N) is 1. The fraction of sp³-hybridized carbons (Fsp3) is 0.0870. The molecule has 158 valence electrons. The minimum absolute atomic E-state index is 0.0638. The summed E-state index contributed by atoms with van der Waals surface area (Å²) in [6.07, 6.45) is -0.624. The highest BCUT2D eigenvalue weighted by molar-refractivity contribution is 7.89. The van der Waals surface area contributed by atoms with Crippen LogP contribution in [0.1, 0.15) is 5.56 Å². The molecule has 0 spiro atoms. The number of carbonyl (C=O) groups is 1. The van der Waals surface area contributed by atoms with E-state index < -0.39 is 16.1 Å². The van der Waals surface area contributed by atoms with Gasteiger partial charge in [-0.2, -0.15) is 0 Å². The third-order valence-corrected chi connectivity index (χ3v) is 6.91. The molecule has 6 nitrogen and oxygen atoms in total. The Morgan fingerprint density at radius 1 is 0.968 bits per heavy atom. The van der Waals surface area contributed by atoms with Gasteiger partial charge in [0.15, 0.2) is 0 Å². The van der Waals surface area contributed by atoms with Crippen molar-refractivity contribution in [2.75, 3.05) is 6.54 Å². The number of rotatable bonds is 6. The van der Waals surface area contributed by atoms with Gasteiger partial charge in [0.25, 0.3) is 0 Å². The molecule has 4 aromatic rings. The zero-order valence-corrected chi connectivity index (χ0v) is 17.9. The molecule has 0 aliphatic heterocycles. The summed E-state index contributed by atoms with van der Waals surface area (Å²) < 4.78 is 29.5. The zero-order chi connectivity index (χ0) is 22.0. The molecule has 1 heterocycles. The maximum Gasteiger partial charge on any atom is 0.416 e. The van der Waals surface area contributed by atoms with Gasteiger partial charge in [-0.25, -0.2) is 22.5 Å². The number of carboxylic acid groups (broad SMARTS) is 1. The van der Waals surface area contributed by atoms with E-state index in [0.29, 0.717) is 23.2 Å². The quantitative estimate of drug-likeness (QED) is 0.428. The van der Waals surface area contributed by atoms with Gasteiger partial charge in [0.05, 0.1) is 16.2 Å². The lowest BCUT2D eigenvalue weighted by molar-refractivity contribution is 0.198. The van der Waals surface area contributed by atoms with Crippen molar-refractivity contribution in [1.82, 2.24) is 9.29 Å². The molecule has 0 bridgehead atoms. The molecule has 3 aromatic carbocycles. The van der Waals surface area contributed by atoms with Crippen LogP contribution in [-0.2, 0) is 16.4 Å². The van der Waals surface area contributed by atoms with Crippen LogP contribution in [0, 0.1) is 0 Å². The van der Waals surface area contributed by atoms with Gasteiger partial charge in [0.1, 0.15) is 4.90 Å². The van der Waals surface area contributed by atoms with Gasteiger partial charge in [-0.15, -0.1) is 0 Å². The fourth-order valence-corrected chi connectivity index (χ4v) is 5.05. The maximum absolute atomic E-state index is 12.9. The van der Waals surface area contributed by atoms with Crippen LogP contribution < -0.4 is 4.72 Å². The van der Waals surface area contributed by atoms with Crippen LogP contribution in [0.4, 0.5) is 4.79 Å². The standard InChI is InChI=1S/C23H19ClN2O4S/c24-19-11-10-18(21-14-17-8-4-5-9-20(17)26(21)23(27)28)15-22(19)31(29,30)25-13-12-16-6-2-1-3-7-16/h1-11,14-15,25H,12-13H2,(H,27,28). The second kappa shape index (κ2) is 8.55. The molecule has 1 aromatic heterocycles. The Morgan fingerprint density at radius 2 is 1.68 bits per heavy atom. The van der Waals surface area contributed by atoms with Crippen molar-refractivity contribution in [2.24, 2.45) is 0 Å². The third-order valence-electron chi connectivity index (χ3n) is 4.97. The lowest BCUT2D eigenvalue weighted by Gasteiger charge is -2.11. The lowest BCUT2D eigenvalue weighted by atomic mass is 10.1. The molecule has 4 rings (SSSR count). The van der Waals surface area contributed by atoms with Gasteiger partial charge in [0.2, 0.25) is 10.0 Å². The van der Waals surface area contributed by atoms with Crippen LogP contribution in [0.15, 0.2) is 83.8 Å². The Hall–Kier alpha value is -3.13. The van der Waals surface area contributed by atoms with E-state index in [4.69, 9.17) is 11.6 Å². The lowest BCUT2D eigenvalue weighted by Crippen LogP contribution is -2.26. The summed E-state index contributed by atoms with van der Waals surface area (Å²) >= 11 is 6.20. The molecule has 0 saturated heterocycles. The van der Waals surface area contributed by atoms with Crippen molar-refractivity contribution in [3.05, 3.63) is 89.4 Å². The average Bonchev–Trinajstić information content (AvgIpc) is 3.14. The predicted molar refractivity (Wildman–Crippen MR) is 121 cm³/mol. The monoisotopic (exact) mass is 454 g/mol. The van der Waals surface area contributed by atoms with E-state index in [-0.39, 0.29) is 16.5 Å². The number of halogens is 1. The predicted octanol–water partition coefficient (Wildman–Crippen LogP) is 5.01. The van der Waals surface area contributed by atoms with E-state index >= 15 is 0 Å². The van der Waals surface area contributed by atoms with E-state index in [9.17, 15) is 18.3 Å². The normalized spacial score (nSPS) is 11.6. The second-order valence-corrected chi connectivity index (χ2v) is 9.13. The first-order valence-electron chi connectivity index (χ1n) is 9.54. The maximum atomic E-state index is 12.9. The van der Waals surface area contributed by atoms with Gasteiger partial charge in [-0.1, -0.05) is 66.2 Å². The molecular weight excluding hydrogens is 436 g/mol. The number of para-hydroxylation sites is 1. The minimum atomic E-state index is -3.89. The number of hydrogen-bond acceptors (Lipinski definition) is 3. The molecule has 0 aliphatic rings. The van der Waals surface area contributed by atoms with Crippen molar-refractivity contribution in [3.63, 3.8) is 0 Å². The second-order valence-electron chi connectivity index (χ2n) is 6.98. The Bertz CT molecular complexity index is 1370. The van der Waals surface area contributed by atoms with Gasteiger partial charge < -0.3 is 5.11 Å². The SMILES string of the molecule is O=C(O)n1c(-c2ccc(Cl)c(S(=O)(=O)NCCc3ccccc3)c2)cc2ccccc21. The number of sulfonamides is 1. The Kier molecular flexibility index (Phi) is 5.82. The highest BCUT2D eigenvalue weighted by atomic mass is 35.5. The van der Waals surface area contributed by atoms with Crippen LogP contribution in [0.2, 0.25) is 5.02 Å². The minimum Gasteiger partial charge on any atom is -0.464 e. The molecule has 0 fully saturated rings. The highest BCUT2D eigenvalue weighted by Crippen LogP contribution is 2.32. The van der Waals surface area contributed by atoms with Crippen LogP contribution in [0.5, 0.6) is 0 Å². The average molecular weight is 455 g/mol. The summed E-state index contributed by atoms with van der Waals surface area (Å²) in [6, 6.07) is 22.8. The molecule has 0 unspecified atom stereocenters. The summed E-state index contributed by atoms with van der Waals surface area (Å²) in [4.78, 5) is 11.8. The van der Waals surface area contributed by atoms with Crippen molar-refractivity contribution >= 4 is 38.6 Å². The van der Waals surface area contributed by atoms with E-state index in [2.05, 4.69) is 4.72 Å². The molecular formula is C23H19ClN2O4S. The van der Waals surface area contributed by atoms with Crippen LogP contribution >= 0.6 is 11.6 Å². The van der Waals surface area contributed by atoms with Gasteiger partial charge in [0, 0.05) is 17.5 Å².